The third kappa shape index (κ3) is 5.08. The number of pyridine rings is 1. The van der Waals surface area contributed by atoms with E-state index in [2.05, 4.69) is 40.1 Å². The minimum absolute atomic E-state index is 0.154. The van der Waals surface area contributed by atoms with Gasteiger partial charge in [-0.15, -0.1) is 0 Å². The number of nitro benzene ring substituents is 1. The predicted molar refractivity (Wildman–Crippen MR) is 146 cm³/mol. The van der Waals surface area contributed by atoms with E-state index in [9.17, 15) is 24.5 Å². The van der Waals surface area contributed by atoms with Crippen molar-refractivity contribution in [2.75, 3.05) is 31.5 Å². The zero-order valence-electron chi connectivity index (χ0n) is 21.8. The van der Waals surface area contributed by atoms with Crippen molar-refractivity contribution < 1.29 is 14.5 Å². The third-order valence-corrected chi connectivity index (χ3v) is 8.74. The van der Waals surface area contributed by atoms with Gasteiger partial charge in [0.05, 0.1) is 16.5 Å². The minimum Gasteiger partial charge on any atom is -0.374 e. The number of aromatic nitrogens is 1. The summed E-state index contributed by atoms with van der Waals surface area (Å²) in [6, 6.07) is 5.75. The molecular formula is C27H32BrN5O5. The molecule has 1 saturated carbocycles. The molecule has 1 spiro atoms. The number of amides is 2. The van der Waals surface area contributed by atoms with E-state index in [1.807, 2.05) is 0 Å². The number of anilines is 1. The lowest BCUT2D eigenvalue weighted by Gasteiger charge is -2.37. The molecule has 0 bridgehead atoms. The van der Waals surface area contributed by atoms with Crippen LogP contribution in [0.4, 0.5) is 11.4 Å². The van der Waals surface area contributed by atoms with E-state index in [0.717, 1.165) is 25.7 Å². The van der Waals surface area contributed by atoms with Gasteiger partial charge in [-0.2, -0.15) is 0 Å². The van der Waals surface area contributed by atoms with E-state index in [-0.39, 0.29) is 51.2 Å². The quantitative estimate of drug-likeness (QED) is 0.397. The fourth-order valence-corrected chi connectivity index (χ4v) is 6.14. The van der Waals surface area contributed by atoms with Crippen LogP contribution >= 0.6 is 15.9 Å². The van der Waals surface area contributed by atoms with Crippen molar-refractivity contribution in [1.82, 2.24) is 14.8 Å². The van der Waals surface area contributed by atoms with Crippen molar-refractivity contribution in [2.24, 2.45) is 10.8 Å². The molecule has 0 unspecified atom stereocenters. The van der Waals surface area contributed by atoms with Gasteiger partial charge < -0.3 is 20.1 Å². The number of hydrogen-bond acceptors (Lipinski definition) is 6. The van der Waals surface area contributed by atoms with Crippen LogP contribution in [-0.4, -0.2) is 63.7 Å². The first-order chi connectivity index (χ1) is 17.9. The molecule has 202 valence electrons. The number of aromatic amines is 1. The molecule has 3 heterocycles. The summed E-state index contributed by atoms with van der Waals surface area (Å²) in [6.45, 7) is 8.09. The van der Waals surface area contributed by atoms with Crippen LogP contribution < -0.4 is 10.9 Å². The van der Waals surface area contributed by atoms with E-state index in [0.29, 0.717) is 41.9 Å². The summed E-state index contributed by atoms with van der Waals surface area (Å²) >= 11 is 3.36. The van der Waals surface area contributed by atoms with E-state index in [1.54, 1.807) is 28.9 Å². The number of likely N-dealkylation sites (tertiary alicyclic amines) is 2. The number of carbonyl (C=O) groups is 2. The molecular weight excluding hydrogens is 554 g/mol. The van der Waals surface area contributed by atoms with Crippen molar-refractivity contribution in [2.45, 2.75) is 52.5 Å². The zero-order valence-corrected chi connectivity index (χ0v) is 23.4. The first kappa shape index (κ1) is 26.4. The van der Waals surface area contributed by atoms with Crippen LogP contribution in [0, 0.1) is 27.9 Å². The van der Waals surface area contributed by atoms with Crippen LogP contribution in [-0.2, 0) is 0 Å². The van der Waals surface area contributed by atoms with Crippen molar-refractivity contribution in [1.29, 1.82) is 0 Å². The van der Waals surface area contributed by atoms with Crippen LogP contribution in [0.2, 0.25) is 0 Å². The lowest BCUT2D eigenvalue weighted by Crippen LogP contribution is -2.41. The van der Waals surface area contributed by atoms with E-state index in [4.69, 9.17) is 0 Å². The zero-order chi connectivity index (χ0) is 27.4. The van der Waals surface area contributed by atoms with Crippen molar-refractivity contribution in [3.05, 3.63) is 66.0 Å². The van der Waals surface area contributed by atoms with Crippen LogP contribution in [0.25, 0.3) is 0 Å². The summed E-state index contributed by atoms with van der Waals surface area (Å²) in [5, 5.41) is 15.5. The second-order valence-corrected chi connectivity index (χ2v) is 12.6. The molecule has 10 nitrogen and oxygen atoms in total. The highest BCUT2D eigenvalue weighted by Crippen LogP contribution is 2.54. The summed E-state index contributed by atoms with van der Waals surface area (Å²) in [7, 11) is 0. The number of aryl methyl sites for hydroxylation is 1. The second-order valence-electron chi connectivity index (χ2n) is 11.7. The van der Waals surface area contributed by atoms with E-state index < -0.39 is 4.92 Å². The molecule has 11 heteroatoms. The van der Waals surface area contributed by atoms with E-state index in [1.165, 1.54) is 12.1 Å². The van der Waals surface area contributed by atoms with Gasteiger partial charge in [0.15, 0.2) is 0 Å². The van der Waals surface area contributed by atoms with Crippen LogP contribution in [0.15, 0.2) is 33.5 Å². The second kappa shape index (κ2) is 9.52. The molecule has 2 amide bonds. The highest BCUT2D eigenvalue weighted by molar-refractivity contribution is 9.10. The van der Waals surface area contributed by atoms with Gasteiger partial charge in [0.25, 0.3) is 17.5 Å². The smallest absolute Gasteiger partial charge is 0.294 e. The average Bonchev–Trinajstić information content (AvgIpc) is 3.53. The predicted octanol–water partition coefficient (Wildman–Crippen LogP) is 4.33. The van der Waals surface area contributed by atoms with Gasteiger partial charge in [-0.1, -0.05) is 29.8 Å². The molecule has 1 aliphatic carbocycles. The van der Waals surface area contributed by atoms with Gasteiger partial charge in [0.1, 0.15) is 5.69 Å². The molecule has 2 N–H and O–H groups in total. The van der Waals surface area contributed by atoms with Gasteiger partial charge in [-0.25, -0.2) is 0 Å². The number of halogens is 1. The number of benzene rings is 1. The molecule has 5 rings (SSSR count). The molecule has 1 aromatic carbocycles. The first-order valence-corrected chi connectivity index (χ1v) is 13.7. The van der Waals surface area contributed by atoms with Crippen molar-refractivity contribution >= 4 is 39.1 Å². The fourth-order valence-electron chi connectivity index (χ4n) is 5.69. The summed E-state index contributed by atoms with van der Waals surface area (Å²) in [5.41, 5.74) is 0.807. The number of H-pyrrole nitrogens is 1. The van der Waals surface area contributed by atoms with Crippen LogP contribution in [0.1, 0.15) is 65.9 Å². The molecule has 3 fully saturated rings. The molecule has 38 heavy (non-hydrogen) atoms. The normalized spacial score (nSPS) is 21.4. The number of nitro groups is 1. The Bertz CT molecular complexity index is 1370. The van der Waals surface area contributed by atoms with Gasteiger partial charge >= 0.3 is 0 Å². The minimum atomic E-state index is -0.473. The number of nitrogens with one attached hydrogen (secondary N) is 2. The Morgan fingerprint density at radius 3 is 2.37 bits per heavy atom. The van der Waals surface area contributed by atoms with Gasteiger partial charge in [-0.3, -0.25) is 24.5 Å². The Hall–Kier alpha value is -3.21. The topological polar surface area (TPSA) is 129 Å². The van der Waals surface area contributed by atoms with Crippen molar-refractivity contribution in [3.63, 3.8) is 0 Å². The Balaban J connectivity index is 1.44. The standard InChI is InChI=1S/C27H32BrN5O5/c1-16-10-17(11-22(34)29-16)24(35)32-14-21(27(15-32)4-5-27)30-23-19(12-18(28)13-20(23)33(37)38)25(36)31-8-6-26(2,3)7-9-31/h10-13,21,30H,4-9,14-15H2,1-3H3,(H,29,34)/t21-/m0/s1. The summed E-state index contributed by atoms with van der Waals surface area (Å²) < 4.78 is 0.462. The monoisotopic (exact) mass is 585 g/mol. The summed E-state index contributed by atoms with van der Waals surface area (Å²) in [4.78, 5) is 56.7. The van der Waals surface area contributed by atoms with Gasteiger partial charge in [0, 0.05) is 59.5 Å². The van der Waals surface area contributed by atoms with Gasteiger partial charge in [0.2, 0.25) is 5.56 Å². The maximum Gasteiger partial charge on any atom is 0.294 e. The summed E-state index contributed by atoms with van der Waals surface area (Å²) in [5.74, 6) is -0.477. The van der Waals surface area contributed by atoms with Crippen molar-refractivity contribution in [3.8, 4) is 0 Å². The molecule has 2 aliphatic heterocycles. The third-order valence-electron chi connectivity index (χ3n) is 8.29. The van der Waals surface area contributed by atoms with Crippen LogP contribution in [0.5, 0.6) is 0 Å². The SMILES string of the molecule is Cc1cc(C(=O)N2C[C@H](Nc3c(C(=O)N4CCC(C)(C)CC4)cc(Br)cc3[N+](=O)[O-])C3(CC3)C2)cc(=O)[nH]1. The lowest BCUT2D eigenvalue weighted by molar-refractivity contribution is -0.384. The molecule has 0 radical (unpaired) electrons. The molecule has 2 saturated heterocycles. The number of carbonyl (C=O) groups excluding carboxylic acids is 2. The molecule has 3 aliphatic rings. The maximum absolute atomic E-state index is 13.7. The number of hydrogen-bond donors (Lipinski definition) is 2. The molecule has 1 atom stereocenters. The molecule has 1 aromatic heterocycles. The summed E-state index contributed by atoms with van der Waals surface area (Å²) in [6.07, 6.45) is 3.47. The Morgan fingerprint density at radius 1 is 1.08 bits per heavy atom. The number of rotatable bonds is 5. The first-order valence-electron chi connectivity index (χ1n) is 12.9. The largest absolute Gasteiger partial charge is 0.374 e. The number of piperidine rings is 1. The van der Waals surface area contributed by atoms with Crippen LogP contribution in [0.3, 0.4) is 0 Å². The maximum atomic E-state index is 13.7. The highest BCUT2D eigenvalue weighted by atomic mass is 79.9. The van der Waals surface area contributed by atoms with E-state index >= 15 is 0 Å². The number of nitrogens with zero attached hydrogens (tertiary/aromatic N) is 3. The highest BCUT2D eigenvalue weighted by Gasteiger charge is 2.56. The molecule has 2 aromatic rings. The average molecular weight is 586 g/mol. The Kier molecular flexibility index (Phi) is 6.61. The van der Waals surface area contributed by atoms with Gasteiger partial charge in [-0.05, 0) is 50.2 Å². The Morgan fingerprint density at radius 2 is 1.76 bits per heavy atom. The lowest BCUT2D eigenvalue weighted by atomic mass is 9.82. The Labute approximate surface area is 229 Å². The fraction of sp³-hybridized carbons (Fsp3) is 0.519.